The third kappa shape index (κ3) is 2.94. The van der Waals surface area contributed by atoms with Crippen LogP contribution in [0.3, 0.4) is 0 Å². The van der Waals surface area contributed by atoms with Crippen LogP contribution in [0.15, 0.2) is 34.8 Å². The molecular formula is C11H7BrCl2N2. The van der Waals surface area contributed by atoms with Gasteiger partial charge in [0.25, 0.3) is 0 Å². The Balaban J connectivity index is 2.20. The zero-order chi connectivity index (χ0) is 11.5. The van der Waals surface area contributed by atoms with Crippen molar-refractivity contribution in [2.45, 2.75) is 6.42 Å². The highest BCUT2D eigenvalue weighted by molar-refractivity contribution is 9.10. The van der Waals surface area contributed by atoms with Crippen LogP contribution in [0.1, 0.15) is 11.3 Å². The fraction of sp³-hybridized carbons (Fsp3) is 0.0909. The van der Waals surface area contributed by atoms with Crippen molar-refractivity contribution in [2.24, 2.45) is 0 Å². The Morgan fingerprint density at radius 2 is 1.75 bits per heavy atom. The molecule has 0 unspecified atom stereocenters. The summed E-state index contributed by atoms with van der Waals surface area (Å²) in [5.74, 6) is 0. The number of aromatic nitrogens is 2. The maximum atomic E-state index is 5.81. The van der Waals surface area contributed by atoms with Gasteiger partial charge in [-0.15, -0.1) is 5.10 Å². The quantitative estimate of drug-likeness (QED) is 0.832. The zero-order valence-corrected chi connectivity index (χ0v) is 11.2. The highest BCUT2D eigenvalue weighted by Crippen LogP contribution is 2.20. The molecule has 2 nitrogen and oxygen atoms in total. The van der Waals surface area contributed by atoms with E-state index in [1.807, 2.05) is 30.3 Å². The summed E-state index contributed by atoms with van der Waals surface area (Å²) in [6, 6.07) is 9.51. The molecule has 0 spiro atoms. The Labute approximate surface area is 112 Å². The van der Waals surface area contributed by atoms with Crippen LogP contribution in [-0.2, 0) is 6.42 Å². The molecule has 2 aromatic rings. The fourth-order valence-electron chi connectivity index (χ4n) is 1.29. The number of hydrogen-bond acceptors (Lipinski definition) is 2. The first-order chi connectivity index (χ1) is 7.65. The molecule has 0 aliphatic carbocycles. The predicted molar refractivity (Wildman–Crippen MR) is 69.0 cm³/mol. The summed E-state index contributed by atoms with van der Waals surface area (Å²) >= 11 is 14.9. The summed E-state index contributed by atoms with van der Waals surface area (Å²) in [7, 11) is 0. The molecule has 0 saturated heterocycles. The van der Waals surface area contributed by atoms with Crippen LogP contribution in [-0.4, -0.2) is 10.2 Å². The van der Waals surface area contributed by atoms with Gasteiger partial charge in [-0.05, 0) is 39.7 Å². The molecule has 82 valence electrons. The van der Waals surface area contributed by atoms with Crippen molar-refractivity contribution in [3.8, 4) is 0 Å². The van der Waals surface area contributed by atoms with E-state index >= 15 is 0 Å². The van der Waals surface area contributed by atoms with Gasteiger partial charge in [-0.3, -0.25) is 0 Å². The molecule has 0 fully saturated rings. The van der Waals surface area contributed by atoms with E-state index in [9.17, 15) is 0 Å². The molecule has 0 N–H and O–H groups in total. The second-order valence-electron chi connectivity index (χ2n) is 3.28. The van der Waals surface area contributed by atoms with Crippen LogP contribution in [0.5, 0.6) is 0 Å². The second kappa shape index (κ2) is 5.13. The first-order valence-electron chi connectivity index (χ1n) is 4.57. The Morgan fingerprint density at radius 3 is 2.38 bits per heavy atom. The minimum atomic E-state index is 0.375. The van der Waals surface area contributed by atoms with Crippen molar-refractivity contribution in [1.29, 1.82) is 0 Å². The van der Waals surface area contributed by atoms with Crippen LogP contribution in [0.2, 0.25) is 10.2 Å². The van der Waals surface area contributed by atoms with Crippen molar-refractivity contribution in [3.63, 3.8) is 0 Å². The lowest BCUT2D eigenvalue weighted by atomic mass is 10.1. The highest BCUT2D eigenvalue weighted by atomic mass is 79.9. The first kappa shape index (κ1) is 11.8. The Kier molecular flexibility index (Phi) is 3.79. The molecule has 5 heteroatoms. The van der Waals surface area contributed by atoms with Gasteiger partial charge in [0.1, 0.15) is 0 Å². The van der Waals surface area contributed by atoms with E-state index in [1.165, 1.54) is 0 Å². The summed E-state index contributed by atoms with van der Waals surface area (Å²) in [6.07, 6.45) is 0.708. The van der Waals surface area contributed by atoms with E-state index in [2.05, 4.69) is 26.1 Å². The molecule has 0 aliphatic heterocycles. The maximum Gasteiger partial charge on any atom is 0.165 e. The summed E-state index contributed by atoms with van der Waals surface area (Å²) in [6.45, 7) is 0. The monoisotopic (exact) mass is 316 g/mol. The van der Waals surface area contributed by atoms with Gasteiger partial charge in [0.2, 0.25) is 0 Å². The third-order valence-corrected chi connectivity index (χ3v) is 3.42. The second-order valence-corrected chi connectivity index (χ2v) is 4.93. The van der Waals surface area contributed by atoms with E-state index in [4.69, 9.17) is 23.2 Å². The topological polar surface area (TPSA) is 25.8 Å². The van der Waals surface area contributed by atoms with Crippen molar-refractivity contribution < 1.29 is 0 Å². The molecule has 1 aromatic heterocycles. The molecule has 0 aliphatic rings. The van der Waals surface area contributed by atoms with Gasteiger partial charge < -0.3 is 0 Å². The van der Waals surface area contributed by atoms with Crippen molar-refractivity contribution in [3.05, 3.63) is 56.2 Å². The fourth-order valence-corrected chi connectivity index (χ4v) is 1.85. The van der Waals surface area contributed by atoms with Gasteiger partial charge in [0, 0.05) is 11.4 Å². The molecule has 1 aromatic carbocycles. The van der Waals surface area contributed by atoms with Crippen LogP contribution in [0.25, 0.3) is 0 Å². The lowest BCUT2D eigenvalue weighted by Crippen LogP contribution is -1.95. The molecular weight excluding hydrogens is 311 g/mol. The smallest absolute Gasteiger partial charge is 0.154 e. The van der Waals surface area contributed by atoms with Crippen LogP contribution < -0.4 is 0 Å². The number of halogens is 3. The van der Waals surface area contributed by atoms with Crippen LogP contribution >= 0.6 is 39.1 Å². The third-order valence-electron chi connectivity index (χ3n) is 2.06. The summed E-state index contributed by atoms with van der Waals surface area (Å²) in [5, 5.41) is 8.95. The summed E-state index contributed by atoms with van der Waals surface area (Å²) in [5.41, 5.74) is 1.99. The van der Waals surface area contributed by atoms with Crippen molar-refractivity contribution >= 4 is 39.1 Å². The molecule has 16 heavy (non-hydrogen) atoms. The van der Waals surface area contributed by atoms with Gasteiger partial charge in [-0.2, -0.15) is 5.10 Å². The average molecular weight is 318 g/mol. The van der Waals surface area contributed by atoms with E-state index in [0.29, 0.717) is 11.6 Å². The lowest BCUT2D eigenvalue weighted by Gasteiger charge is -2.02. The Hall–Kier alpha value is -0.640. The minimum absolute atomic E-state index is 0.375. The SMILES string of the molecule is Clc1ccc(Cc2cc(Br)c(Cl)nn2)cc1. The first-order valence-corrected chi connectivity index (χ1v) is 6.12. The molecule has 0 bridgehead atoms. The Morgan fingerprint density at radius 1 is 1.06 bits per heavy atom. The van der Waals surface area contributed by atoms with Gasteiger partial charge in [-0.25, -0.2) is 0 Å². The molecule has 2 rings (SSSR count). The van der Waals surface area contributed by atoms with E-state index in [1.54, 1.807) is 0 Å². The lowest BCUT2D eigenvalue weighted by molar-refractivity contribution is 0.931. The van der Waals surface area contributed by atoms with Crippen molar-refractivity contribution in [1.82, 2.24) is 10.2 Å². The number of rotatable bonds is 2. The zero-order valence-electron chi connectivity index (χ0n) is 8.12. The van der Waals surface area contributed by atoms with Gasteiger partial charge in [-0.1, -0.05) is 35.3 Å². The summed E-state index contributed by atoms with van der Waals surface area (Å²) in [4.78, 5) is 0. The highest BCUT2D eigenvalue weighted by Gasteiger charge is 2.03. The molecule has 0 atom stereocenters. The molecule has 0 saturated carbocycles. The van der Waals surface area contributed by atoms with E-state index < -0.39 is 0 Å². The standard InChI is InChI=1S/C11H7BrCl2N2/c12-10-6-9(15-16-11(10)14)5-7-1-3-8(13)4-2-7/h1-4,6H,5H2. The molecule has 0 radical (unpaired) electrons. The largest absolute Gasteiger partial charge is 0.165 e. The molecule has 1 heterocycles. The van der Waals surface area contributed by atoms with Gasteiger partial charge >= 0.3 is 0 Å². The van der Waals surface area contributed by atoms with E-state index in [0.717, 1.165) is 20.8 Å². The van der Waals surface area contributed by atoms with Crippen molar-refractivity contribution in [2.75, 3.05) is 0 Å². The number of hydrogen-bond donors (Lipinski definition) is 0. The molecule has 0 amide bonds. The maximum absolute atomic E-state index is 5.81. The number of nitrogens with zero attached hydrogens (tertiary/aromatic N) is 2. The van der Waals surface area contributed by atoms with Gasteiger partial charge in [0.05, 0.1) is 10.2 Å². The number of benzene rings is 1. The minimum Gasteiger partial charge on any atom is -0.154 e. The summed E-state index contributed by atoms with van der Waals surface area (Å²) < 4.78 is 0.758. The Bertz CT molecular complexity index is 500. The average Bonchev–Trinajstić information content (AvgIpc) is 2.27. The van der Waals surface area contributed by atoms with Crippen LogP contribution in [0.4, 0.5) is 0 Å². The van der Waals surface area contributed by atoms with Gasteiger partial charge in [0.15, 0.2) is 5.15 Å². The normalized spacial score (nSPS) is 10.4. The van der Waals surface area contributed by atoms with E-state index in [-0.39, 0.29) is 0 Å². The predicted octanol–water partition coefficient (Wildman–Crippen LogP) is 4.14. The van der Waals surface area contributed by atoms with Crippen LogP contribution in [0, 0.1) is 0 Å².